The van der Waals surface area contributed by atoms with E-state index in [1.54, 1.807) is 0 Å². The zero-order chi connectivity index (χ0) is 13.2. The van der Waals surface area contributed by atoms with Crippen molar-refractivity contribution in [1.82, 2.24) is 0 Å². The van der Waals surface area contributed by atoms with Gasteiger partial charge >= 0.3 is 6.18 Å². The molecule has 0 aliphatic rings. The van der Waals surface area contributed by atoms with Crippen LogP contribution in [0.1, 0.15) is 10.4 Å². The van der Waals surface area contributed by atoms with Gasteiger partial charge in [-0.05, 0) is 6.07 Å². The molecule has 92 valence electrons. The van der Waals surface area contributed by atoms with Gasteiger partial charge in [-0.2, -0.15) is 13.2 Å². The molecule has 0 saturated heterocycles. The number of benzene rings is 1. The van der Waals surface area contributed by atoms with Gasteiger partial charge in [-0.25, -0.2) is 0 Å². The SMILES string of the molecule is COc1ccc([N+](=O)[O-])cc1C(=O)C(F)(F)F. The van der Waals surface area contributed by atoms with Gasteiger partial charge in [0.1, 0.15) is 5.75 Å². The van der Waals surface area contributed by atoms with Gasteiger partial charge in [-0.3, -0.25) is 14.9 Å². The topological polar surface area (TPSA) is 69.4 Å². The molecule has 0 saturated carbocycles. The second kappa shape index (κ2) is 4.40. The molecule has 1 aromatic rings. The van der Waals surface area contributed by atoms with Crippen LogP contribution in [0.2, 0.25) is 0 Å². The molecule has 0 N–H and O–H groups in total. The van der Waals surface area contributed by atoms with Gasteiger partial charge in [0.25, 0.3) is 11.5 Å². The maximum absolute atomic E-state index is 12.2. The van der Waals surface area contributed by atoms with E-state index in [-0.39, 0.29) is 5.75 Å². The van der Waals surface area contributed by atoms with E-state index in [1.807, 2.05) is 0 Å². The normalized spacial score (nSPS) is 11.1. The van der Waals surface area contributed by atoms with Crippen molar-refractivity contribution in [3.8, 4) is 5.75 Å². The van der Waals surface area contributed by atoms with Crippen LogP contribution in [-0.4, -0.2) is 24.0 Å². The molecule has 17 heavy (non-hydrogen) atoms. The van der Waals surface area contributed by atoms with E-state index in [0.717, 1.165) is 19.2 Å². The Kier molecular flexibility index (Phi) is 3.35. The number of alkyl halides is 3. The van der Waals surface area contributed by atoms with Crippen LogP contribution in [0, 0.1) is 10.1 Å². The number of carbonyl (C=O) groups is 1. The van der Waals surface area contributed by atoms with Gasteiger partial charge in [0, 0.05) is 12.1 Å². The van der Waals surface area contributed by atoms with E-state index in [1.165, 1.54) is 0 Å². The third-order valence-electron chi connectivity index (χ3n) is 1.90. The number of rotatable bonds is 3. The number of ether oxygens (including phenoxy) is 1. The Morgan fingerprint density at radius 2 is 2.00 bits per heavy atom. The Morgan fingerprint density at radius 1 is 1.41 bits per heavy atom. The predicted octanol–water partition coefficient (Wildman–Crippen LogP) is 2.35. The fraction of sp³-hybridized carbons (Fsp3) is 0.222. The van der Waals surface area contributed by atoms with Crippen LogP contribution in [-0.2, 0) is 0 Å². The van der Waals surface area contributed by atoms with Gasteiger partial charge in [0.05, 0.1) is 17.6 Å². The second-order valence-electron chi connectivity index (χ2n) is 2.97. The number of non-ortho nitro benzene ring substituents is 1. The lowest BCUT2D eigenvalue weighted by Gasteiger charge is -2.09. The lowest BCUT2D eigenvalue weighted by Crippen LogP contribution is -2.23. The highest BCUT2D eigenvalue weighted by atomic mass is 19.4. The molecule has 0 radical (unpaired) electrons. The second-order valence-corrected chi connectivity index (χ2v) is 2.97. The van der Waals surface area contributed by atoms with Crippen molar-refractivity contribution < 1.29 is 27.6 Å². The Balaban J connectivity index is 3.33. The Labute approximate surface area is 93.0 Å². The molecule has 1 aromatic carbocycles. The van der Waals surface area contributed by atoms with Crippen molar-refractivity contribution >= 4 is 11.5 Å². The number of hydrogen-bond donors (Lipinski definition) is 0. The summed E-state index contributed by atoms with van der Waals surface area (Å²) < 4.78 is 41.2. The minimum absolute atomic E-state index is 0.363. The van der Waals surface area contributed by atoms with Crippen LogP contribution in [0.25, 0.3) is 0 Å². The first kappa shape index (κ1) is 12.9. The zero-order valence-electron chi connectivity index (χ0n) is 8.45. The van der Waals surface area contributed by atoms with E-state index in [9.17, 15) is 28.1 Å². The highest BCUT2D eigenvalue weighted by Crippen LogP contribution is 2.30. The molecule has 1 rings (SSSR count). The number of ketones is 1. The lowest BCUT2D eigenvalue weighted by atomic mass is 10.1. The molecule has 5 nitrogen and oxygen atoms in total. The Bertz CT molecular complexity index is 470. The van der Waals surface area contributed by atoms with E-state index < -0.39 is 28.1 Å². The minimum Gasteiger partial charge on any atom is -0.496 e. The summed E-state index contributed by atoms with van der Waals surface area (Å²) in [5.74, 6) is -2.55. The number of halogens is 3. The number of Topliss-reactive ketones (excluding diaryl/α,β-unsaturated/α-hetero) is 1. The number of carbonyl (C=O) groups excluding carboxylic acids is 1. The zero-order valence-corrected chi connectivity index (χ0v) is 8.45. The quantitative estimate of drug-likeness (QED) is 0.468. The molecule has 0 fully saturated rings. The average molecular weight is 249 g/mol. The standard InChI is InChI=1S/C9H6F3NO4/c1-17-7-3-2-5(13(15)16)4-6(7)8(14)9(10,11)12/h2-4H,1H3. The van der Waals surface area contributed by atoms with Crippen LogP contribution >= 0.6 is 0 Å². The van der Waals surface area contributed by atoms with E-state index in [0.29, 0.717) is 6.07 Å². The molecule has 8 heteroatoms. The molecule has 0 amide bonds. The molecule has 0 heterocycles. The molecule has 0 aliphatic heterocycles. The largest absolute Gasteiger partial charge is 0.496 e. The van der Waals surface area contributed by atoms with Crippen molar-refractivity contribution in [1.29, 1.82) is 0 Å². The summed E-state index contributed by atoms with van der Waals surface area (Å²) in [5.41, 5.74) is -1.49. The van der Waals surface area contributed by atoms with Crippen LogP contribution in [0.3, 0.4) is 0 Å². The monoisotopic (exact) mass is 249 g/mol. The van der Waals surface area contributed by atoms with E-state index in [2.05, 4.69) is 4.74 Å². The van der Waals surface area contributed by atoms with Gasteiger partial charge in [0.2, 0.25) is 0 Å². The first-order chi connectivity index (χ1) is 7.77. The fourth-order valence-corrected chi connectivity index (χ4v) is 1.14. The number of nitrogens with zero attached hydrogens (tertiary/aromatic N) is 1. The fourth-order valence-electron chi connectivity index (χ4n) is 1.14. The van der Waals surface area contributed by atoms with Gasteiger partial charge in [0.15, 0.2) is 0 Å². The highest BCUT2D eigenvalue weighted by Gasteiger charge is 2.41. The number of methoxy groups -OCH3 is 1. The van der Waals surface area contributed by atoms with Crippen molar-refractivity contribution in [3.63, 3.8) is 0 Å². The van der Waals surface area contributed by atoms with Crippen LogP contribution < -0.4 is 4.74 Å². The molecule has 0 spiro atoms. The predicted molar refractivity (Wildman–Crippen MR) is 50.0 cm³/mol. The molecular formula is C9H6F3NO4. The third kappa shape index (κ3) is 2.71. The number of nitro groups is 1. The van der Waals surface area contributed by atoms with E-state index in [4.69, 9.17) is 0 Å². The lowest BCUT2D eigenvalue weighted by molar-refractivity contribution is -0.384. The first-order valence-electron chi connectivity index (χ1n) is 4.21. The van der Waals surface area contributed by atoms with Crippen LogP contribution in [0.15, 0.2) is 18.2 Å². The Hall–Kier alpha value is -2.12. The molecular weight excluding hydrogens is 243 g/mol. The smallest absolute Gasteiger partial charge is 0.455 e. The maximum atomic E-state index is 12.2. The minimum atomic E-state index is -5.11. The van der Waals surface area contributed by atoms with E-state index >= 15 is 0 Å². The van der Waals surface area contributed by atoms with Crippen molar-refractivity contribution in [2.24, 2.45) is 0 Å². The molecule has 0 atom stereocenters. The summed E-state index contributed by atoms with van der Waals surface area (Å²) in [7, 11) is 1.06. The average Bonchev–Trinajstić information content (AvgIpc) is 2.25. The molecule has 0 unspecified atom stereocenters. The number of nitro benzene ring substituents is 1. The van der Waals surface area contributed by atoms with Crippen molar-refractivity contribution in [2.75, 3.05) is 7.11 Å². The van der Waals surface area contributed by atoms with Crippen LogP contribution in [0.5, 0.6) is 5.75 Å². The van der Waals surface area contributed by atoms with Crippen molar-refractivity contribution in [3.05, 3.63) is 33.9 Å². The van der Waals surface area contributed by atoms with Gasteiger partial charge < -0.3 is 4.74 Å². The van der Waals surface area contributed by atoms with Crippen LogP contribution in [0.4, 0.5) is 18.9 Å². The highest BCUT2D eigenvalue weighted by molar-refractivity contribution is 6.03. The summed E-state index contributed by atoms with van der Waals surface area (Å²) in [6.45, 7) is 0. The van der Waals surface area contributed by atoms with Gasteiger partial charge in [-0.1, -0.05) is 0 Å². The molecule has 0 bridgehead atoms. The van der Waals surface area contributed by atoms with Crippen molar-refractivity contribution in [2.45, 2.75) is 6.18 Å². The number of hydrogen-bond acceptors (Lipinski definition) is 4. The summed E-state index contributed by atoms with van der Waals surface area (Å²) in [6.07, 6.45) is -5.11. The summed E-state index contributed by atoms with van der Waals surface area (Å²) in [6, 6.07) is 2.43. The maximum Gasteiger partial charge on any atom is 0.455 e. The third-order valence-corrected chi connectivity index (χ3v) is 1.90. The summed E-state index contributed by atoms with van der Waals surface area (Å²) in [4.78, 5) is 20.5. The molecule has 0 aromatic heterocycles. The Morgan fingerprint density at radius 3 is 2.41 bits per heavy atom. The summed E-state index contributed by atoms with van der Waals surface area (Å²) in [5, 5.41) is 10.4. The summed E-state index contributed by atoms with van der Waals surface area (Å²) >= 11 is 0. The molecule has 0 aliphatic carbocycles. The van der Waals surface area contributed by atoms with Gasteiger partial charge in [-0.15, -0.1) is 0 Å². The first-order valence-corrected chi connectivity index (χ1v) is 4.21.